The summed E-state index contributed by atoms with van der Waals surface area (Å²) in [5.41, 5.74) is 0. The van der Waals surface area contributed by atoms with E-state index < -0.39 is 6.10 Å². The normalized spacial score (nSPS) is 12.5. The van der Waals surface area contributed by atoms with Gasteiger partial charge in [-0.1, -0.05) is 0 Å². The average Bonchev–Trinajstić information content (AvgIpc) is 2.01. The Morgan fingerprint density at radius 3 is 2.55 bits per heavy atom. The molecule has 11 heavy (non-hydrogen) atoms. The van der Waals surface area contributed by atoms with Crippen LogP contribution >= 0.6 is 0 Å². The fraction of sp³-hybridized carbons (Fsp3) is 0.600. The quantitative estimate of drug-likeness (QED) is 0.251. The number of rotatable bonds is 6. The summed E-state index contributed by atoms with van der Waals surface area (Å²) in [6.07, 6.45) is 4.17. The van der Waals surface area contributed by atoms with Gasteiger partial charge in [-0.25, -0.2) is 9.78 Å². The third-order valence-electron chi connectivity index (χ3n) is 0.823. The van der Waals surface area contributed by atoms with Crippen LogP contribution in [-0.4, -0.2) is 12.7 Å². The number of hydrogen-bond donors (Lipinski definition) is 0. The van der Waals surface area contributed by atoms with Gasteiger partial charge in [0.25, 0.3) is 0 Å². The molecular formula is C5H6O6-2. The summed E-state index contributed by atoms with van der Waals surface area (Å²) in [6, 6.07) is 0. The molecule has 6 nitrogen and oxygen atoms in total. The lowest BCUT2D eigenvalue weighted by Gasteiger charge is -2.16. The molecule has 0 aliphatic heterocycles. The van der Waals surface area contributed by atoms with E-state index in [1.54, 1.807) is 0 Å². The van der Waals surface area contributed by atoms with Gasteiger partial charge >= 0.3 is 0 Å². The summed E-state index contributed by atoms with van der Waals surface area (Å²) < 4.78 is 0. The van der Waals surface area contributed by atoms with Crippen LogP contribution in [0.1, 0.15) is 6.42 Å². The Labute approximate surface area is 63.0 Å². The Kier molecular flexibility index (Phi) is 6.97. The van der Waals surface area contributed by atoms with E-state index >= 15 is 0 Å². The van der Waals surface area contributed by atoms with Crippen LogP contribution in [0.15, 0.2) is 0 Å². The maximum Gasteiger partial charge on any atom is 0.129 e. The van der Waals surface area contributed by atoms with Crippen molar-refractivity contribution >= 4 is 0 Å². The molecule has 0 aromatic carbocycles. The van der Waals surface area contributed by atoms with Gasteiger partial charge in [0.2, 0.25) is 0 Å². The molecule has 0 bridgehead atoms. The van der Waals surface area contributed by atoms with Crippen molar-refractivity contribution in [2.75, 3.05) is 6.61 Å². The van der Waals surface area contributed by atoms with Crippen molar-refractivity contribution in [3.63, 3.8) is 0 Å². The molecule has 0 aromatic rings. The Morgan fingerprint density at radius 2 is 2.09 bits per heavy atom. The van der Waals surface area contributed by atoms with Crippen molar-refractivity contribution in [3.05, 3.63) is 0 Å². The first-order valence-corrected chi connectivity index (χ1v) is 2.65. The van der Waals surface area contributed by atoms with Gasteiger partial charge in [0.05, 0.1) is 0 Å². The minimum absolute atomic E-state index is 0.0889. The Balaban J connectivity index is 3.44. The lowest BCUT2D eigenvalue weighted by Crippen LogP contribution is -2.24. The van der Waals surface area contributed by atoms with Crippen LogP contribution in [0.2, 0.25) is 0 Å². The predicted octanol–water partition coefficient (Wildman–Crippen LogP) is -2.17. The van der Waals surface area contributed by atoms with E-state index in [1.165, 1.54) is 0 Å². The van der Waals surface area contributed by atoms with Crippen molar-refractivity contribution in [1.82, 2.24) is 0 Å². The Morgan fingerprint density at radius 1 is 1.36 bits per heavy atom. The van der Waals surface area contributed by atoms with E-state index in [9.17, 15) is 10.5 Å². The minimum Gasteiger partial charge on any atom is -0.692 e. The Hall–Kier alpha value is -0.680. The van der Waals surface area contributed by atoms with Crippen LogP contribution in [0.4, 0.5) is 0 Å². The molecule has 1 unspecified atom stereocenters. The fourth-order valence-corrected chi connectivity index (χ4v) is 0.411. The van der Waals surface area contributed by atoms with Gasteiger partial charge in [-0.3, -0.25) is 10.1 Å². The lowest BCUT2D eigenvalue weighted by molar-refractivity contribution is -0.815. The first-order valence-electron chi connectivity index (χ1n) is 2.65. The molecule has 0 amide bonds. The van der Waals surface area contributed by atoms with Crippen molar-refractivity contribution in [2.24, 2.45) is 0 Å². The van der Waals surface area contributed by atoms with Crippen LogP contribution < -0.4 is 10.5 Å². The maximum atomic E-state index is 9.41. The zero-order valence-electron chi connectivity index (χ0n) is 5.52. The third-order valence-corrected chi connectivity index (χ3v) is 0.823. The van der Waals surface area contributed by atoms with Crippen LogP contribution in [0.5, 0.6) is 0 Å². The molecule has 1 atom stereocenters. The van der Waals surface area contributed by atoms with Gasteiger partial charge in [0, 0.05) is 6.42 Å². The molecular weight excluding hydrogens is 156 g/mol. The van der Waals surface area contributed by atoms with Crippen LogP contribution in [0.3, 0.4) is 0 Å². The van der Waals surface area contributed by atoms with E-state index in [1.807, 2.05) is 0 Å². The molecule has 0 saturated carbocycles. The lowest BCUT2D eigenvalue weighted by atomic mass is 10.3. The third kappa shape index (κ3) is 5.75. The van der Waals surface area contributed by atoms with Gasteiger partial charge in [0.1, 0.15) is 12.7 Å². The molecule has 0 N–H and O–H groups in total. The van der Waals surface area contributed by atoms with Gasteiger partial charge < -0.3 is 10.5 Å². The summed E-state index contributed by atoms with van der Waals surface area (Å²) in [5.74, 6) is 2.18. The van der Waals surface area contributed by atoms with Crippen molar-refractivity contribution in [1.29, 1.82) is 0 Å². The molecule has 0 aliphatic carbocycles. The zero-order chi connectivity index (χ0) is 8.53. The highest BCUT2D eigenvalue weighted by Gasteiger charge is 2.06. The molecule has 0 fully saturated rings. The average molecular weight is 162 g/mol. The standard InChI is InChI=1S/C5H8O6/c1-2-3-5(9-11-7)4-8-10-6/h1,5-7H,3-4H2/p-2. The first kappa shape index (κ1) is 10.3. The molecule has 64 valence electrons. The van der Waals surface area contributed by atoms with Gasteiger partial charge in [-0.15, -0.1) is 12.3 Å². The molecule has 0 spiro atoms. The molecule has 0 aliphatic rings. The second kappa shape index (κ2) is 7.43. The summed E-state index contributed by atoms with van der Waals surface area (Å²) in [6.45, 7) is -0.254. The smallest absolute Gasteiger partial charge is 0.129 e. The Bertz CT molecular complexity index is 119. The van der Waals surface area contributed by atoms with Gasteiger partial charge in [0.15, 0.2) is 0 Å². The summed E-state index contributed by atoms with van der Waals surface area (Å²) >= 11 is 0. The van der Waals surface area contributed by atoms with Crippen molar-refractivity contribution in [3.8, 4) is 12.3 Å². The van der Waals surface area contributed by atoms with Crippen molar-refractivity contribution < 1.29 is 30.4 Å². The second-order valence-corrected chi connectivity index (χ2v) is 1.55. The highest BCUT2D eigenvalue weighted by Crippen LogP contribution is 1.97. The zero-order valence-corrected chi connectivity index (χ0v) is 5.52. The highest BCUT2D eigenvalue weighted by atomic mass is 17.5. The van der Waals surface area contributed by atoms with E-state index in [4.69, 9.17) is 6.42 Å². The first-order chi connectivity index (χ1) is 5.35. The van der Waals surface area contributed by atoms with Gasteiger partial charge in [-0.2, -0.15) is 0 Å². The SMILES string of the molecule is C#CCC(COO[O-])OO[O-]. The van der Waals surface area contributed by atoms with E-state index in [0.29, 0.717) is 0 Å². The van der Waals surface area contributed by atoms with Crippen molar-refractivity contribution in [2.45, 2.75) is 12.5 Å². The summed E-state index contributed by atoms with van der Waals surface area (Å²) in [4.78, 5) is 7.95. The van der Waals surface area contributed by atoms with Gasteiger partial charge in [-0.05, 0) is 0 Å². The molecule has 0 saturated heterocycles. The topological polar surface area (TPSA) is 83.0 Å². The molecule has 6 heteroatoms. The summed E-state index contributed by atoms with van der Waals surface area (Å²) in [5, 5.41) is 24.8. The largest absolute Gasteiger partial charge is 0.692 e. The summed E-state index contributed by atoms with van der Waals surface area (Å²) in [7, 11) is 0. The van der Waals surface area contributed by atoms with Crippen LogP contribution in [-0.2, 0) is 19.9 Å². The predicted molar refractivity (Wildman–Crippen MR) is 26.4 cm³/mol. The molecule has 0 aromatic heterocycles. The van der Waals surface area contributed by atoms with E-state index in [2.05, 4.69) is 25.8 Å². The van der Waals surface area contributed by atoms with Crippen LogP contribution in [0.25, 0.3) is 0 Å². The van der Waals surface area contributed by atoms with E-state index in [-0.39, 0.29) is 13.0 Å². The van der Waals surface area contributed by atoms with Crippen LogP contribution in [0, 0.1) is 12.3 Å². The highest BCUT2D eigenvalue weighted by molar-refractivity contribution is 4.86. The fourth-order valence-electron chi connectivity index (χ4n) is 0.411. The number of hydrogen-bond acceptors (Lipinski definition) is 6. The van der Waals surface area contributed by atoms with E-state index in [0.717, 1.165) is 0 Å². The molecule has 0 radical (unpaired) electrons. The monoisotopic (exact) mass is 162 g/mol. The molecule has 0 heterocycles. The minimum atomic E-state index is -0.786. The molecule has 0 rings (SSSR count). The maximum absolute atomic E-state index is 9.41. The number of terminal acetylenes is 1. The second-order valence-electron chi connectivity index (χ2n) is 1.55.